The van der Waals surface area contributed by atoms with E-state index in [1.165, 1.54) is 11.1 Å². The minimum atomic E-state index is -0.675. The van der Waals surface area contributed by atoms with Crippen LogP contribution >= 0.6 is 0 Å². The maximum absolute atomic E-state index is 13.1. The first kappa shape index (κ1) is 19.2. The minimum Gasteiger partial charge on any atom is -0.347 e. The molecule has 4 nitrogen and oxygen atoms in total. The molecule has 2 unspecified atom stereocenters. The summed E-state index contributed by atoms with van der Waals surface area (Å²) in [4.78, 5) is 25.5. The lowest BCUT2D eigenvalue weighted by atomic mass is 9.87. The van der Waals surface area contributed by atoms with Crippen LogP contribution in [0, 0.1) is 5.92 Å². The van der Waals surface area contributed by atoms with Crippen LogP contribution in [0.2, 0.25) is 0 Å². The normalized spacial score (nSPS) is 17.1. The van der Waals surface area contributed by atoms with Gasteiger partial charge < -0.3 is 10.6 Å². The lowest BCUT2D eigenvalue weighted by Gasteiger charge is -2.28. The topological polar surface area (TPSA) is 58.2 Å². The predicted octanol–water partition coefficient (Wildman–Crippen LogP) is 4.08. The van der Waals surface area contributed by atoms with Crippen molar-refractivity contribution in [3.8, 4) is 0 Å². The Morgan fingerprint density at radius 1 is 1.04 bits per heavy atom. The summed E-state index contributed by atoms with van der Waals surface area (Å²) >= 11 is 0. The van der Waals surface area contributed by atoms with E-state index in [4.69, 9.17) is 0 Å². The molecule has 0 saturated carbocycles. The number of hydrogen-bond acceptors (Lipinski definition) is 2. The summed E-state index contributed by atoms with van der Waals surface area (Å²) in [6.07, 6.45) is 3.43. The SMILES string of the molecule is CC(C)CC(=O)NC(C(=O)NC1CCCc2ccccc21)c1ccccc1. The molecule has 1 aliphatic carbocycles. The first-order valence-corrected chi connectivity index (χ1v) is 9.77. The molecule has 2 aromatic carbocycles. The van der Waals surface area contributed by atoms with E-state index in [1.807, 2.05) is 56.3 Å². The Bertz CT molecular complexity index is 786. The molecule has 0 fully saturated rings. The lowest BCUT2D eigenvalue weighted by molar-refractivity contribution is -0.130. The molecule has 0 radical (unpaired) electrons. The Labute approximate surface area is 161 Å². The quantitative estimate of drug-likeness (QED) is 0.811. The summed E-state index contributed by atoms with van der Waals surface area (Å²) in [5, 5.41) is 6.11. The van der Waals surface area contributed by atoms with Gasteiger partial charge in [-0.2, -0.15) is 0 Å². The number of rotatable bonds is 6. The molecule has 2 amide bonds. The molecule has 0 aliphatic heterocycles. The van der Waals surface area contributed by atoms with E-state index in [1.54, 1.807) is 0 Å². The van der Waals surface area contributed by atoms with Crippen molar-refractivity contribution in [2.75, 3.05) is 0 Å². The second kappa shape index (κ2) is 8.85. The van der Waals surface area contributed by atoms with Gasteiger partial charge in [0.1, 0.15) is 6.04 Å². The molecule has 4 heteroatoms. The van der Waals surface area contributed by atoms with Crippen LogP contribution in [0.4, 0.5) is 0 Å². The zero-order chi connectivity index (χ0) is 19.2. The highest BCUT2D eigenvalue weighted by Gasteiger charge is 2.27. The number of aryl methyl sites for hydroxylation is 1. The van der Waals surface area contributed by atoms with Gasteiger partial charge in [-0.1, -0.05) is 68.4 Å². The van der Waals surface area contributed by atoms with Crippen LogP contribution < -0.4 is 10.6 Å². The Morgan fingerprint density at radius 3 is 2.48 bits per heavy atom. The molecule has 0 heterocycles. The monoisotopic (exact) mass is 364 g/mol. The molecule has 27 heavy (non-hydrogen) atoms. The maximum Gasteiger partial charge on any atom is 0.247 e. The highest BCUT2D eigenvalue weighted by molar-refractivity contribution is 5.89. The summed E-state index contributed by atoms with van der Waals surface area (Å²) < 4.78 is 0. The van der Waals surface area contributed by atoms with Crippen LogP contribution in [0.15, 0.2) is 54.6 Å². The predicted molar refractivity (Wildman–Crippen MR) is 107 cm³/mol. The summed E-state index contributed by atoms with van der Waals surface area (Å²) in [6, 6.07) is 17.1. The van der Waals surface area contributed by atoms with Crippen molar-refractivity contribution in [1.82, 2.24) is 10.6 Å². The van der Waals surface area contributed by atoms with Gasteiger partial charge in [-0.25, -0.2) is 0 Å². The van der Waals surface area contributed by atoms with Crippen molar-refractivity contribution in [3.63, 3.8) is 0 Å². The number of fused-ring (bicyclic) bond motifs is 1. The van der Waals surface area contributed by atoms with Crippen LogP contribution in [-0.2, 0) is 16.0 Å². The zero-order valence-corrected chi connectivity index (χ0v) is 16.1. The van der Waals surface area contributed by atoms with Gasteiger partial charge in [-0.3, -0.25) is 9.59 Å². The third-order valence-electron chi connectivity index (χ3n) is 4.98. The molecule has 0 aromatic heterocycles. The Kier molecular flexibility index (Phi) is 6.28. The van der Waals surface area contributed by atoms with Crippen molar-refractivity contribution in [3.05, 3.63) is 71.3 Å². The van der Waals surface area contributed by atoms with E-state index in [0.717, 1.165) is 24.8 Å². The molecule has 0 bridgehead atoms. The van der Waals surface area contributed by atoms with Crippen molar-refractivity contribution >= 4 is 11.8 Å². The third-order valence-corrected chi connectivity index (χ3v) is 4.98. The first-order chi connectivity index (χ1) is 13.0. The standard InChI is InChI=1S/C23H28N2O2/c1-16(2)15-21(26)25-22(18-10-4-3-5-11-18)23(27)24-20-14-8-12-17-9-6-7-13-19(17)20/h3-7,9-11,13,16,20,22H,8,12,14-15H2,1-2H3,(H,24,27)(H,25,26). The molecule has 0 spiro atoms. The number of carbonyl (C=O) groups is 2. The van der Waals surface area contributed by atoms with Crippen LogP contribution in [-0.4, -0.2) is 11.8 Å². The fourth-order valence-electron chi connectivity index (χ4n) is 3.70. The zero-order valence-electron chi connectivity index (χ0n) is 16.1. The number of carbonyl (C=O) groups excluding carboxylic acids is 2. The molecule has 2 aromatic rings. The Balaban J connectivity index is 1.78. The number of nitrogens with one attached hydrogen (secondary N) is 2. The molecule has 0 saturated heterocycles. The van der Waals surface area contributed by atoms with Gasteiger partial charge >= 0.3 is 0 Å². The third kappa shape index (κ3) is 4.97. The molecule has 2 atom stereocenters. The van der Waals surface area contributed by atoms with Gasteiger partial charge in [0, 0.05) is 6.42 Å². The van der Waals surface area contributed by atoms with E-state index < -0.39 is 6.04 Å². The van der Waals surface area contributed by atoms with Crippen molar-refractivity contribution in [1.29, 1.82) is 0 Å². The second-order valence-electron chi connectivity index (χ2n) is 7.66. The van der Waals surface area contributed by atoms with Crippen LogP contribution in [0.25, 0.3) is 0 Å². The summed E-state index contributed by atoms with van der Waals surface area (Å²) in [5.41, 5.74) is 3.29. The molecule has 1 aliphatic rings. The highest BCUT2D eigenvalue weighted by atomic mass is 16.2. The van der Waals surface area contributed by atoms with Gasteiger partial charge in [-0.05, 0) is 41.9 Å². The summed E-state index contributed by atoms with van der Waals surface area (Å²) in [7, 11) is 0. The van der Waals surface area contributed by atoms with E-state index in [9.17, 15) is 9.59 Å². The largest absolute Gasteiger partial charge is 0.347 e. The van der Waals surface area contributed by atoms with Crippen molar-refractivity contribution in [2.24, 2.45) is 5.92 Å². The van der Waals surface area contributed by atoms with Gasteiger partial charge in [0.15, 0.2) is 0 Å². The fourth-order valence-corrected chi connectivity index (χ4v) is 3.70. The van der Waals surface area contributed by atoms with Gasteiger partial charge in [0.2, 0.25) is 11.8 Å². The van der Waals surface area contributed by atoms with E-state index in [2.05, 4.69) is 22.8 Å². The second-order valence-corrected chi connectivity index (χ2v) is 7.66. The van der Waals surface area contributed by atoms with Crippen molar-refractivity contribution < 1.29 is 9.59 Å². The summed E-state index contributed by atoms with van der Waals surface area (Å²) in [6.45, 7) is 3.99. The minimum absolute atomic E-state index is 0.00402. The fraction of sp³-hybridized carbons (Fsp3) is 0.391. The average molecular weight is 364 g/mol. The Hall–Kier alpha value is -2.62. The average Bonchev–Trinajstić information content (AvgIpc) is 2.66. The summed E-state index contributed by atoms with van der Waals surface area (Å²) in [5.74, 6) is -0.00670. The molecular weight excluding hydrogens is 336 g/mol. The van der Waals surface area contributed by atoms with E-state index in [0.29, 0.717) is 6.42 Å². The van der Waals surface area contributed by atoms with Gasteiger partial charge in [0.05, 0.1) is 6.04 Å². The smallest absolute Gasteiger partial charge is 0.247 e. The highest BCUT2D eigenvalue weighted by Crippen LogP contribution is 2.30. The molecule has 2 N–H and O–H groups in total. The maximum atomic E-state index is 13.1. The van der Waals surface area contributed by atoms with Crippen LogP contribution in [0.5, 0.6) is 0 Å². The van der Waals surface area contributed by atoms with Crippen LogP contribution in [0.3, 0.4) is 0 Å². The lowest BCUT2D eigenvalue weighted by Crippen LogP contribution is -2.42. The van der Waals surface area contributed by atoms with Crippen molar-refractivity contribution in [2.45, 2.75) is 51.6 Å². The van der Waals surface area contributed by atoms with Crippen LogP contribution in [0.1, 0.15) is 61.9 Å². The van der Waals surface area contributed by atoms with Gasteiger partial charge in [-0.15, -0.1) is 0 Å². The van der Waals surface area contributed by atoms with E-state index >= 15 is 0 Å². The molecule has 142 valence electrons. The number of hydrogen-bond donors (Lipinski definition) is 2. The molecule has 3 rings (SSSR count). The number of benzene rings is 2. The first-order valence-electron chi connectivity index (χ1n) is 9.77. The Morgan fingerprint density at radius 2 is 1.74 bits per heavy atom. The van der Waals surface area contributed by atoms with E-state index in [-0.39, 0.29) is 23.8 Å². The molecular formula is C23H28N2O2. The van der Waals surface area contributed by atoms with Gasteiger partial charge in [0.25, 0.3) is 0 Å². The number of amides is 2.